The first-order chi connectivity index (χ1) is 12.0. The fraction of sp³-hybridized carbons (Fsp3) is 0.412. The molecule has 8 heteroatoms. The van der Waals surface area contributed by atoms with Gasteiger partial charge in [0.15, 0.2) is 0 Å². The van der Waals surface area contributed by atoms with Gasteiger partial charge in [-0.05, 0) is 24.5 Å². The van der Waals surface area contributed by atoms with Crippen molar-refractivity contribution in [3.05, 3.63) is 66.3 Å². The van der Waals surface area contributed by atoms with E-state index in [1.165, 1.54) is 12.1 Å². The highest BCUT2D eigenvalue weighted by molar-refractivity contribution is 6.31. The van der Waals surface area contributed by atoms with Crippen molar-refractivity contribution < 1.29 is 4.92 Å². The Morgan fingerprint density at radius 2 is 2.24 bits per heavy atom. The number of aryl methyl sites for hydroxylation is 1. The van der Waals surface area contributed by atoms with Gasteiger partial charge in [-0.3, -0.25) is 19.8 Å². The maximum Gasteiger partial charge on any atom is 0.269 e. The predicted octanol–water partition coefficient (Wildman–Crippen LogP) is 2.84. The van der Waals surface area contributed by atoms with Crippen LogP contribution in [0.5, 0.6) is 0 Å². The molecule has 132 valence electrons. The van der Waals surface area contributed by atoms with Crippen molar-refractivity contribution in [1.29, 1.82) is 0 Å². The molecule has 1 N–H and O–H groups in total. The molecule has 1 aromatic heterocycles. The van der Waals surface area contributed by atoms with Crippen molar-refractivity contribution in [3.8, 4) is 0 Å². The highest BCUT2D eigenvalue weighted by Crippen LogP contribution is 2.25. The third kappa shape index (κ3) is 3.88. The lowest BCUT2D eigenvalue weighted by atomic mass is 10.1. The third-order valence-corrected chi connectivity index (χ3v) is 4.69. The van der Waals surface area contributed by atoms with Gasteiger partial charge in [-0.2, -0.15) is 0 Å². The second-order valence-corrected chi connectivity index (χ2v) is 6.59. The van der Waals surface area contributed by atoms with Gasteiger partial charge in [-0.25, -0.2) is 4.98 Å². The fourth-order valence-corrected chi connectivity index (χ4v) is 3.25. The van der Waals surface area contributed by atoms with Gasteiger partial charge < -0.3 is 4.98 Å². The molecule has 1 aliphatic rings. The number of nitro benzene ring substituents is 1. The summed E-state index contributed by atoms with van der Waals surface area (Å²) in [6.07, 6.45) is 2.25. The molecule has 0 aliphatic carbocycles. The van der Waals surface area contributed by atoms with Crippen LogP contribution in [0.3, 0.4) is 0 Å². The van der Waals surface area contributed by atoms with Crippen molar-refractivity contribution >= 4 is 17.3 Å². The minimum absolute atomic E-state index is 0.0246. The zero-order valence-electron chi connectivity index (χ0n) is 13.9. The Balaban J connectivity index is 1.82. The van der Waals surface area contributed by atoms with E-state index in [9.17, 15) is 14.9 Å². The summed E-state index contributed by atoms with van der Waals surface area (Å²) in [5.74, 6) is 0.710. The lowest BCUT2D eigenvalue weighted by molar-refractivity contribution is -0.384. The summed E-state index contributed by atoms with van der Waals surface area (Å²) in [7, 11) is 0. The van der Waals surface area contributed by atoms with Gasteiger partial charge in [0, 0.05) is 48.8 Å². The molecule has 0 radical (unpaired) electrons. The molecule has 2 heterocycles. The Morgan fingerprint density at radius 3 is 2.96 bits per heavy atom. The van der Waals surface area contributed by atoms with Crippen LogP contribution in [0.2, 0.25) is 5.02 Å². The van der Waals surface area contributed by atoms with Crippen molar-refractivity contribution in [2.75, 3.05) is 6.54 Å². The van der Waals surface area contributed by atoms with Gasteiger partial charge in [0.2, 0.25) is 0 Å². The maximum absolute atomic E-state index is 12.2. The quantitative estimate of drug-likeness (QED) is 0.652. The first kappa shape index (κ1) is 17.6. The average Bonchev–Trinajstić information content (AvgIpc) is 2.56. The number of nitrogens with one attached hydrogen (secondary N) is 1. The molecule has 25 heavy (non-hydrogen) atoms. The van der Waals surface area contributed by atoms with Crippen LogP contribution >= 0.6 is 11.6 Å². The van der Waals surface area contributed by atoms with Gasteiger partial charge in [0.1, 0.15) is 5.82 Å². The van der Waals surface area contributed by atoms with Gasteiger partial charge in [0.05, 0.1) is 10.6 Å². The molecule has 1 aliphatic heterocycles. The fourth-order valence-electron chi connectivity index (χ4n) is 3.07. The number of nitro groups is 1. The van der Waals surface area contributed by atoms with E-state index in [4.69, 9.17) is 11.6 Å². The largest absolute Gasteiger partial charge is 0.310 e. The number of aromatic amines is 1. The van der Waals surface area contributed by atoms with E-state index < -0.39 is 4.92 Å². The molecular weight excluding hydrogens is 344 g/mol. The number of nitrogens with zero attached hydrogens (tertiary/aromatic N) is 3. The maximum atomic E-state index is 12.2. The number of aromatic nitrogens is 2. The van der Waals surface area contributed by atoms with Crippen molar-refractivity contribution in [3.63, 3.8) is 0 Å². The van der Waals surface area contributed by atoms with E-state index >= 15 is 0 Å². The van der Waals surface area contributed by atoms with Crippen LogP contribution in [-0.2, 0) is 25.9 Å². The van der Waals surface area contributed by atoms with E-state index in [0.717, 1.165) is 24.1 Å². The predicted molar refractivity (Wildman–Crippen MR) is 94.8 cm³/mol. The van der Waals surface area contributed by atoms with E-state index in [1.807, 2.05) is 6.92 Å². The Hall–Kier alpha value is -2.25. The molecule has 1 aromatic carbocycles. The minimum atomic E-state index is -0.427. The van der Waals surface area contributed by atoms with Crippen LogP contribution in [0.4, 0.5) is 5.69 Å². The monoisotopic (exact) mass is 362 g/mol. The Kier molecular flexibility index (Phi) is 5.15. The highest BCUT2D eigenvalue weighted by atomic mass is 35.5. The van der Waals surface area contributed by atoms with Crippen LogP contribution in [0.1, 0.15) is 36.0 Å². The van der Waals surface area contributed by atoms with Gasteiger partial charge in [0.25, 0.3) is 11.2 Å². The number of non-ortho nitro benzene ring substituents is 1. The highest BCUT2D eigenvalue weighted by Gasteiger charge is 2.22. The number of halogens is 1. The van der Waals surface area contributed by atoms with Crippen LogP contribution in [0, 0.1) is 10.1 Å². The zero-order valence-corrected chi connectivity index (χ0v) is 14.7. The number of benzene rings is 1. The second kappa shape index (κ2) is 7.33. The molecule has 0 amide bonds. The van der Waals surface area contributed by atoms with Crippen molar-refractivity contribution in [1.82, 2.24) is 14.9 Å². The molecule has 0 atom stereocenters. The topological polar surface area (TPSA) is 92.1 Å². The average molecular weight is 363 g/mol. The van der Waals surface area contributed by atoms with Crippen molar-refractivity contribution in [2.45, 2.75) is 39.3 Å². The van der Waals surface area contributed by atoms with Gasteiger partial charge in [-0.15, -0.1) is 0 Å². The molecule has 0 saturated carbocycles. The minimum Gasteiger partial charge on any atom is -0.310 e. The number of hydrogen-bond acceptors (Lipinski definition) is 5. The first-order valence-corrected chi connectivity index (χ1v) is 8.62. The molecule has 2 aromatic rings. The Morgan fingerprint density at radius 1 is 1.44 bits per heavy atom. The molecular formula is C17H19ClN4O3. The van der Waals surface area contributed by atoms with Crippen LogP contribution < -0.4 is 5.56 Å². The smallest absolute Gasteiger partial charge is 0.269 e. The molecule has 0 unspecified atom stereocenters. The second-order valence-electron chi connectivity index (χ2n) is 6.18. The van der Waals surface area contributed by atoms with E-state index in [-0.39, 0.29) is 11.2 Å². The number of H-pyrrole nitrogens is 1. The third-order valence-electron chi connectivity index (χ3n) is 4.32. The summed E-state index contributed by atoms with van der Waals surface area (Å²) in [6.45, 7) is 3.74. The molecule has 0 saturated heterocycles. The first-order valence-electron chi connectivity index (χ1n) is 8.24. The van der Waals surface area contributed by atoms with E-state index in [1.54, 1.807) is 6.07 Å². The summed E-state index contributed by atoms with van der Waals surface area (Å²) in [5.41, 5.74) is 2.21. The van der Waals surface area contributed by atoms with E-state index in [2.05, 4.69) is 14.9 Å². The summed E-state index contributed by atoms with van der Waals surface area (Å²) >= 11 is 6.19. The number of fused-ring (bicyclic) bond motifs is 1. The van der Waals surface area contributed by atoms with E-state index in [0.29, 0.717) is 42.5 Å². The summed E-state index contributed by atoms with van der Waals surface area (Å²) in [5, 5.41) is 11.5. The Labute approximate surface area is 149 Å². The van der Waals surface area contributed by atoms with Crippen LogP contribution in [0.15, 0.2) is 23.0 Å². The molecule has 3 rings (SSSR count). The molecule has 0 bridgehead atoms. The summed E-state index contributed by atoms with van der Waals surface area (Å²) in [6, 6.07) is 4.45. The zero-order chi connectivity index (χ0) is 18.0. The number of rotatable bonds is 5. The van der Waals surface area contributed by atoms with Crippen LogP contribution in [0.25, 0.3) is 0 Å². The lowest BCUT2D eigenvalue weighted by Gasteiger charge is -2.28. The summed E-state index contributed by atoms with van der Waals surface area (Å²) < 4.78 is 0. The number of hydrogen-bond donors (Lipinski definition) is 1. The van der Waals surface area contributed by atoms with Crippen LogP contribution in [-0.4, -0.2) is 26.3 Å². The lowest BCUT2D eigenvalue weighted by Crippen LogP contribution is -2.35. The summed E-state index contributed by atoms with van der Waals surface area (Å²) in [4.78, 5) is 32.3. The molecule has 0 fully saturated rings. The molecule has 0 spiro atoms. The molecule has 7 nitrogen and oxygen atoms in total. The van der Waals surface area contributed by atoms with Crippen molar-refractivity contribution in [2.24, 2.45) is 0 Å². The standard InChI is InChI=1S/C17H19ClN4O3/c1-2-3-16-19-15-10-21(7-6-13(15)17(23)20-16)9-11-8-12(22(24)25)4-5-14(11)18/h4-5,8H,2-3,6-7,9-10H2,1H3,(H,19,20,23). The van der Waals surface area contributed by atoms with Gasteiger partial charge in [-0.1, -0.05) is 18.5 Å². The normalized spacial score (nSPS) is 14.3. The SMILES string of the molecule is CCCc1nc2c(c(=O)[nH]1)CCN(Cc1cc([N+](=O)[O-])ccc1Cl)C2. The van der Waals surface area contributed by atoms with Gasteiger partial charge >= 0.3 is 0 Å². The Bertz CT molecular complexity index is 865.